The summed E-state index contributed by atoms with van der Waals surface area (Å²) in [5.74, 6) is -1.19. The number of aromatic hydroxyl groups is 1. The van der Waals surface area contributed by atoms with Gasteiger partial charge in [0, 0.05) is 18.5 Å². The first-order valence-electron chi connectivity index (χ1n) is 12.6. The van der Waals surface area contributed by atoms with Gasteiger partial charge >= 0.3 is 0 Å². The maximum atomic E-state index is 13.7. The van der Waals surface area contributed by atoms with Crippen molar-refractivity contribution in [2.45, 2.75) is 26.3 Å². The molecule has 2 fully saturated rings. The van der Waals surface area contributed by atoms with Gasteiger partial charge in [-0.15, -0.1) is 0 Å². The molecule has 2 aliphatic heterocycles. The number of hydrogen-bond acceptors (Lipinski definition) is 7. The lowest BCUT2D eigenvalue weighted by Gasteiger charge is -2.29. The smallest absolute Gasteiger partial charge is 0.295 e. The van der Waals surface area contributed by atoms with Crippen LogP contribution in [0.1, 0.15) is 36.1 Å². The summed E-state index contributed by atoms with van der Waals surface area (Å²) in [5, 5.41) is 23.9. The van der Waals surface area contributed by atoms with Crippen LogP contribution in [0, 0.1) is 6.92 Å². The minimum absolute atomic E-state index is 0.0534. The van der Waals surface area contributed by atoms with Crippen LogP contribution in [0.25, 0.3) is 5.76 Å². The zero-order valence-corrected chi connectivity index (χ0v) is 21.5. The Balaban J connectivity index is 1.73. The summed E-state index contributed by atoms with van der Waals surface area (Å²) in [6, 6.07) is 8.75. The number of carbonyl (C=O) groups excluding carboxylic acids is 2. The molecule has 2 heterocycles. The van der Waals surface area contributed by atoms with Crippen molar-refractivity contribution in [1.82, 2.24) is 4.90 Å². The molecule has 0 bridgehead atoms. The molecular weight excluding hydrogens is 476 g/mol. The number of aryl methyl sites for hydroxylation is 1. The van der Waals surface area contributed by atoms with Crippen molar-refractivity contribution >= 4 is 17.4 Å². The van der Waals surface area contributed by atoms with Crippen LogP contribution >= 0.6 is 0 Å². The number of nitrogens with one attached hydrogen (secondary N) is 1. The van der Waals surface area contributed by atoms with E-state index in [4.69, 9.17) is 14.2 Å². The van der Waals surface area contributed by atoms with Gasteiger partial charge in [-0.1, -0.05) is 17.9 Å². The van der Waals surface area contributed by atoms with Crippen LogP contribution in [-0.4, -0.2) is 74.8 Å². The second-order valence-corrected chi connectivity index (χ2v) is 9.28. The van der Waals surface area contributed by atoms with E-state index in [0.29, 0.717) is 49.7 Å². The molecule has 9 nitrogen and oxygen atoms in total. The fourth-order valence-corrected chi connectivity index (χ4v) is 5.00. The fourth-order valence-electron chi connectivity index (χ4n) is 5.00. The van der Waals surface area contributed by atoms with Crippen molar-refractivity contribution in [3.8, 4) is 17.2 Å². The lowest BCUT2D eigenvalue weighted by Crippen LogP contribution is -3.14. The second kappa shape index (κ2) is 11.7. The second-order valence-electron chi connectivity index (χ2n) is 9.28. The molecule has 2 aromatic rings. The van der Waals surface area contributed by atoms with Crippen molar-refractivity contribution < 1.29 is 38.9 Å². The van der Waals surface area contributed by atoms with Crippen molar-refractivity contribution in [3.63, 3.8) is 0 Å². The van der Waals surface area contributed by atoms with Gasteiger partial charge in [-0.2, -0.15) is 0 Å². The number of benzene rings is 2. The van der Waals surface area contributed by atoms with Gasteiger partial charge in [-0.05, 0) is 54.8 Å². The predicted molar refractivity (Wildman–Crippen MR) is 134 cm³/mol. The van der Waals surface area contributed by atoms with Crippen molar-refractivity contribution in [2.24, 2.45) is 0 Å². The molecule has 2 aromatic carbocycles. The Hall–Kier alpha value is -3.56. The highest BCUT2D eigenvalue weighted by Crippen LogP contribution is 2.41. The summed E-state index contributed by atoms with van der Waals surface area (Å²) in [6.45, 7) is 8.30. The summed E-state index contributed by atoms with van der Waals surface area (Å²) in [4.78, 5) is 29.4. The normalized spacial score (nSPS) is 19.9. The van der Waals surface area contributed by atoms with Gasteiger partial charge in [-0.3, -0.25) is 9.59 Å². The van der Waals surface area contributed by atoms with E-state index in [1.54, 1.807) is 44.4 Å². The zero-order chi connectivity index (χ0) is 26.5. The van der Waals surface area contributed by atoms with Gasteiger partial charge in [0.2, 0.25) is 5.78 Å². The van der Waals surface area contributed by atoms with Gasteiger partial charge in [0.15, 0.2) is 11.5 Å². The molecule has 0 radical (unpaired) electrons. The number of amides is 1. The Bertz CT molecular complexity index is 1190. The Labute approximate surface area is 216 Å². The van der Waals surface area contributed by atoms with E-state index in [1.807, 2.05) is 6.92 Å². The highest BCUT2D eigenvalue weighted by molar-refractivity contribution is 6.46. The van der Waals surface area contributed by atoms with E-state index in [1.165, 1.54) is 15.9 Å². The molecule has 1 unspecified atom stereocenters. The van der Waals surface area contributed by atoms with Crippen LogP contribution in [0.5, 0.6) is 17.2 Å². The SMILES string of the molecule is CCOc1cc(C2C(=C([O-])c3ccc(OC)c(C)c3)C(=O)C(=O)N2CCC[NH+]2CCOCC2)ccc1O. The minimum atomic E-state index is -0.880. The van der Waals surface area contributed by atoms with Gasteiger partial charge in [-0.25, -0.2) is 0 Å². The van der Waals surface area contributed by atoms with Crippen LogP contribution in [0.2, 0.25) is 0 Å². The topological polar surface area (TPSA) is 113 Å². The molecule has 0 aliphatic carbocycles. The first kappa shape index (κ1) is 26.5. The molecule has 2 N–H and O–H groups in total. The van der Waals surface area contributed by atoms with Crippen molar-refractivity contribution in [3.05, 3.63) is 58.7 Å². The Morgan fingerprint density at radius 2 is 1.92 bits per heavy atom. The average molecular weight is 511 g/mol. The number of Topliss-reactive ketones (excluding diaryl/α,β-unsaturated/α-hetero) is 1. The number of hydrogen-bond donors (Lipinski definition) is 2. The van der Waals surface area contributed by atoms with Crippen LogP contribution in [-0.2, 0) is 14.3 Å². The number of carbonyl (C=O) groups is 2. The number of methoxy groups -OCH3 is 1. The third kappa shape index (κ3) is 5.57. The average Bonchev–Trinajstić information content (AvgIpc) is 3.15. The van der Waals surface area contributed by atoms with E-state index in [9.17, 15) is 19.8 Å². The fraction of sp³-hybridized carbons (Fsp3) is 0.429. The number of nitrogens with zero attached hydrogens (tertiary/aromatic N) is 1. The highest BCUT2D eigenvalue weighted by Gasteiger charge is 2.44. The third-order valence-electron chi connectivity index (χ3n) is 6.92. The summed E-state index contributed by atoms with van der Waals surface area (Å²) < 4.78 is 16.3. The van der Waals surface area contributed by atoms with Crippen LogP contribution in [0.4, 0.5) is 0 Å². The van der Waals surface area contributed by atoms with Crippen LogP contribution < -0.4 is 19.5 Å². The number of quaternary nitrogens is 1. The molecule has 37 heavy (non-hydrogen) atoms. The standard InChI is InChI=1S/C28H34N2O7/c1-4-37-23-17-19(6-8-21(23)31)25-24(26(32)20-7-9-22(35-3)18(2)16-20)27(33)28(34)30(25)11-5-10-29-12-14-36-15-13-29/h6-9,16-17,25,31-32H,4-5,10-15H2,1-3H3. The predicted octanol–water partition coefficient (Wildman–Crippen LogP) is 0.637. The molecule has 9 heteroatoms. The number of morpholine rings is 1. The molecule has 0 saturated carbocycles. The van der Waals surface area contributed by atoms with Crippen molar-refractivity contribution in [2.75, 3.05) is 53.1 Å². The summed E-state index contributed by atoms with van der Waals surface area (Å²) in [7, 11) is 1.55. The molecule has 2 saturated heterocycles. The van der Waals surface area contributed by atoms with Gasteiger partial charge < -0.3 is 34.2 Å². The first-order valence-corrected chi connectivity index (χ1v) is 12.6. The number of rotatable bonds is 9. The molecule has 0 spiro atoms. The van der Waals surface area contributed by atoms with Gasteiger partial charge in [0.25, 0.3) is 5.91 Å². The first-order chi connectivity index (χ1) is 17.8. The molecule has 198 valence electrons. The maximum absolute atomic E-state index is 13.7. The quantitative estimate of drug-likeness (QED) is 0.289. The molecular formula is C28H34N2O7. The summed E-state index contributed by atoms with van der Waals surface area (Å²) >= 11 is 0. The molecule has 1 amide bonds. The third-order valence-corrected chi connectivity index (χ3v) is 6.92. The Morgan fingerprint density at radius 1 is 1.16 bits per heavy atom. The largest absolute Gasteiger partial charge is 0.872 e. The van der Waals surface area contributed by atoms with Crippen LogP contribution in [0.15, 0.2) is 42.0 Å². The number of phenols is 1. The minimum Gasteiger partial charge on any atom is -0.872 e. The molecule has 2 aliphatic rings. The lowest BCUT2D eigenvalue weighted by atomic mass is 9.94. The monoisotopic (exact) mass is 510 g/mol. The number of ether oxygens (including phenoxy) is 3. The molecule has 4 rings (SSSR count). The zero-order valence-electron chi connectivity index (χ0n) is 21.5. The summed E-state index contributed by atoms with van der Waals surface area (Å²) in [5.41, 5.74) is 1.49. The number of ketones is 1. The van der Waals surface area contributed by atoms with Crippen molar-refractivity contribution in [1.29, 1.82) is 0 Å². The Kier molecular flexibility index (Phi) is 8.35. The highest BCUT2D eigenvalue weighted by atomic mass is 16.5. The summed E-state index contributed by atoms with van der Waals surface area (Å²) in [6.07, 6.45) is 0.671. The van der Waals surface area contributed by atoms with E-state index < -0.39 is 23.5 Å². The number of phenolic OH excluding ortho intramolecular Hbond substituents is 1. The molecule has 1 atom stereocenters. The van der Waals surface area contributed by atoms with E-state index in [-0.39, 0.29) is 17.1 Å². The van der Waals surface area contributed by atoms with Gasteiger partial charge in [0.1, 0.15) is 18.8 Å². The van der Waals surface area contributed by atoms with E-state index in [2.05, 4.69) is 0 Å². The van der Waals surface area contributed by atoms with E-state index >= 15 is 0 Å². The number of likely N-dealkylation sites (tertiary alicyclic amines) is 1. The Morgan fingerprint density at radius 3 is 2.59 bits per heavy atom. The van der Waals surface area contributed by atoms with Gasteiger partial charge in [0.05, 0.1) is 39.5 Å². The lowest BCUT2D eigenvalue weighted by molar-refractivity contribution is -0.908. The molecule has 0 aromatic heterocycles. The van der Waals surface area contributed by atoms with Crippen LogP contribution in [0.3, 0.4) is 0 Å². The maximum Gasteiger partial charge on any atom is 0.295 e. The van der Waals surface area contributed by atoms with E-state index in [0.717, 1.165) is 25.2 Å².